The summed E-state index contributed by atoms with van der Waals surface area (Å²) >= 11 is 6.87. The van der Waals surface area contributed by atoms with E-state index < -0.39 is 0 Å². The van der Waals surface area contributed by atoms with Gasteiger partial charge in [-0.1, -0.05) is 18.2 Å². The number of hydrogen-bond acceptors (Lipinski definition) is 5. The molecule has 4 aromatic rings. The lowest BCUT2D eigenvalue weighted by molar-refractivity contribution is 0.0998. The number of furan rings is 1. The highest BCUT2D eigenvalue weighted by Gasteiger charge is 2.15. The Bertz CT molecular complexity index is 1330. The van der Waals surface area contributed by atoms with E-state index in [0.717, 1.165) is 15.4 Å². The number of benzene rings is 3. The van der Waals surface area contributed by atoms with Gasteiger partial charge in [0.1, 0.15) is 5.58 Å². The summed E-state index contributed by atoms with van der Waals surface area (Å²) in [5.41, 5.74) is 3.30. The summed E-state index contributed by atoms with van der Waals surface area (Å²) in [7, 11) is 1.48. The molecule has 0 aliphatic carbocycles. The number of phenolic OH excluding ortho intramolecular Hbond substituents is 1. The largest absolute Gasteiger partial charge is 0.504 e. The van der Waals surface area contributed by atoms with Gasteiger partial charge in [0.15, 0.2) is 17.3 Å². The highest BCUT2D eigenvalue weighted by atomic mass is 79.9. The first-order valence-corrected chi connectivity index (χ1v) is 11.2. The highest BCUT2D eigenvalue weighted by Crippen LogP contribution is 2.39. The molecule has 1 heterocycles. The van der Waals surface area contributed by atoms with Crippen LogP contribution in [-0.4, -0.2) is 24.3 Å². The number of phenols is 1. The lowest BCUT2D eigenvalue weighted by Gasteiger charge is -2.10. The molecule has 0 unspecified atom stereocenters. The van der Waals surface area contributed by atoms with E-state index in [4.69, 9.17) is 9.15 Å². The van der Waals surface area contributed by atoms with Crippen molar-refractivity contribution in [2.75, 3.05) is 12.4 Å². The van der Waals surface area contributed by atoms with Gasteiger partial charge in [0.05, 0.1) is 18.4 Å². The van der Waals surface area contributed by atoms with Crippen LogP contribution in [0.4, 0.5) is 11.4 Å². The zero-order chi connectivity index (χ0) is 22.8. The van der Waals surface area contributed by atoms with E-state index in [1.807, 2.05) is 37.3 Å². The predicted molar refractivity (Wildman–Crippen MR) is 133 cm³/mol. The number of nitrogens with one attached hydrogen (secondary N) is 1. The van der Waals surface area contributed by atoms with Crippen LogP contribution >= 0.6 is 31.9 Å². The molecule has 0 atom stereocenters. The van der Waals surface area contributed by atoms with Crippen molar-refractivity contribution in [3.05, 3.63) is 80.4 Å². The average Bonchev–Trinajstić information content (AvgIpc) is 3.22. The number of carbonyl (C=O) groups excluding carboxylic acids is 1. The third-order valence-corrected chi connectivity index (χ3v) is 6.87. The molecule has 0 aliphatic rings. The SMILES string of the molecule is COc1cc(Br)c(Br)c(C=Nc2ccc(NC(=O)c3cc4ccccc4o3)c(C)c2)c1O. The van der Waals surface area contributed by atoms with Crippen molar-refractivity contribution in [1.82, 2.24) is 0 Å². The zero-order valence-corrected chi connectivity index (χ0v) is 20.3. The fourth-order valence-corrected chi connectivity index (χ4v) is 4.00. The number of hydrogen-bond donors (Lipinski definition) is 2. The molecule has 1 amide bonds. The minimum Gasteiger partial charge on any atom is -0.504 e. The lowest BCUT2D eigenvalue weighted by Crippen LogP contribution is -2.11. The van der Waals surface area contributed by atoms with E-state index in [2.05, 4.69) is 42.2 Å². The molecule has 3 aromatic carbocycles. The van der Waals surface area contributed by atoms with Crippen LogP contribution < -0.4 is 10.1 Å². The molecule has 0 aliphatic heterocycles. The van der Waals surface area contributed by atoms with Crippen LogP contribution in [0.1, 0.15) is 21.7 Å². The number of nitrogens with zero attached hydrogens (tertiary/aromatic N) is 1. The molecule has 0 spiro atoms. The molecule has 1 aromatic heterocycles. The number of aromatic hydroxyl groups is 1. The van der Waals surface area contributed by atoms with Crippen LogP contribution in [0, 0.1) is 6.92 Å². The maximum Gasteiger partial charge on any atom is 0.291 e. The van der Waals surface area contributed by atoms with E-state index >= 15 is 0 Å². The Hall–Kier alpha value is -3.10. The van der Waals surface area contributed by atoms with Crippen LogP contribution in [0.25, 0.3) is 11.0 Å². The number of halogens is 2. The molecule has 0 radical (unpaired) electrons. The number of carbonyl (C=O) groups is 1. The van der Waals surface area contributed by atoms with Gasteiger partial charge in [0.25, 0.3) is 5.91 Å². The molecular formula is C24H18Br2N2O4. The Balaban J connectivity index is 1.55. The van der Waals surface area contributed by atoms with Gasteiger partial charge < -0.3 is 19.6 Å². The van der Waals surface area contributed by atoms with E-state index in [1.54, 1.807) is 30.5 Å². The Morgan fingerprint density at radius 1 is 1.16 bits per heavy atom. The standard InChI is InChI=1S/C24H18Br2N2O4/c1-13-9-15(27-12-16-22(26)17(25)11-20(31-2)23(16)29)7-8-18(13)28-24(30)21-10-14-5-3-4-6-19(14)32-21/h3-12,29H,1-2H3,(H,28,30). The van der Waals surface area contributed by atoms with Gasteiger partial charge in [-0.2, -0.15) is 0 Å². The zero-order valence-electron chi connectivity index (χ0n) is 17.1. The lowest BCUT2D eigenvalue weighted by atomic mass is 10.1. The first-order chi connectivity index (χ1) is 15.4. The summed E-state index contributed by atoms with van der Waals surface area (Å²) in [6.07, 6.45) is 1.55. The molecule has 162 valence electrons. The molecule has 6 nitrogen and oxygen atoms in total. The highest BCUT2D eigenvalue weighted by molar-refractivity contribution is 9.13. The molecule has 2 N–H and O–H groups in total. The summed E-state index contributed by atoms with van der Waals surface area (Å²) in [5.74, 6) is 0.242. The van der Waals surface area contributed by atoms with Crippen LogP contribution in [-0.2, 0) is 0 Å². The number of rotatable bonds is 5. The second kappa shape index (κ2) is 9.18. The van der Waals surface area contributed by atoms with Gasteiger partial charge >= 0.3 is 0 Å². The average molecular weight is 558 g/mol. The molecule has 0 saturated heterocycles. The van der Waals surface area contributed by atoms with Gasteiger partial charge in [-0.05, 0) is 80.7 Å². The van der Waals surface area contributed by atoms with Crippen molar-refractivity contribution in [2.24, 2.45) is 4.99 Å². The smallest absolute Gasteiger partial charge is 0.291 e. The van der Waals surface area contributed by atoms with Crippen LogP contribution in [0.3, 0.4) is 0 Å². The van der Waals surface area contributed by atoms with Crippen molar-refractivity contribution in [2.45, 2.75) is 6.92 Å². The molecule has 8 heteroatoms. The number of fused-ring (bicyclic) bond motifs is 1. The van der Waals surface area contributed by atoms with Crippen molar-refractivity contribution in [3.63, 3.8) is 0 Å². The number of methoxy groups -OCH3 is 1. The summed E-state index contributed by atoms with van der Waals surface area (Å²) in [6.45, 7) is 1.88. The van der Waals surface area contributed by atoms with Crippen LogP contribution in [0.5, 0.6) is 11.5 Å². The van der Waals surface area contributed by atoms with Crippen molar-refractivity contribution in [3.8, 4) is 11.5 Å². The maximum atomic E-state index is 12.6. The normalized spacial score (nSPS) is 11.2. The number of anilines is 1. The Kier molecular flexibility index (Phi) is 6.34. The van der Waals surface area contributed by atoms with E-state index in [0.29, 0.717) is 32.7 Å². The maximum absolute atomic E-state index is 12.6. The van der Waals surface area contributed by atoms with Crippen LogP contribution in [0.2, 0.25) is 0 Å². The molecule has 0 fully saturated rings. The predicted octanol–water partition coefficient (Wildman–Crippen LogP) is 6.98. The number of para-hydroxylation sites is 1. The van der Waals surface area contributed by atoms with Gasteiger partial charge in [-0.25, -0.2) is 0 Å². The molecule has 32 heavy (non-hydrogen) atoms. The number of aryl methyl sites for hydroxylation is 1. The van der Waals surface area contributed by atoms with E-state index in [9.17, 15) is 9.90 Å². The monoisotopic (exact) mass is 556 g/mol. The number of amides is 1. The third kappa shape index (κ3) is 4.42. The topological polar surface area (TPSA) is 84.1 Å². The van der Waals surface area contributed by atoms with Crippen molar-refractivity contribution < 1.29 is 19.1 Å². The minimum atomic E-state index is -0.323. The molecule has 0 bridgehead atoms. The van der Waals surface area contributed by atoms with Crippen molar-refractivity contribution >= 4 is 66.3 Å². The quantitative estimate of drug-likeness (QED) is 0.259. The third-order valence-electron chi connectivity index (χ3n) is 4.86. The Labute approximate surface area is 201 Å². The molecule has 4 rings (SSSR count). The van der Waals surface area contributed by atoms with Crippen LogP contribution in [0.15, 0.2) is 73.0 Å². The first-order valence-electron chi connectivity index (χ1n) is 9.57. The number of aliphatic imine (C=N–C) groups is 1. The Morgan fingerprint density at radius 2 is 1.94 bits per heavy atom. The van der Waals surface area contributed by atoms with E-state index in [1.165, 1.54) is 7.11 Å². The molecular weight excluding hydrogens is 540 g/mol. The van der Waals surface area contributed by atoms with Gasteiger partial charge in [0, 0.05) is 26.2 Å². The fourth-order valence-electron chi connectivity index (χ4n) is 3.17. The second-order valence-electron chi connectivity index (χ2n) is 7.00. The summed E-state index contributed by atoms with van der Waals surface area (Å²) in [5, 5.41) is 14.2. The number of ether oxygens (including phenoxy) is 1. The first kappa shape index (κ1) is 22.1. The Morgan fingerprint density at radius 3 is 2.66 bits per heavy atom. The van der Waals surface area contributed by atoms with Gasteiger partial charge in [0.2, 0.25) is 0 Å². The van der Waals surface area contributed by atoms with Gasteiger partial charge in [-0.3, -0.25) is 9.79 Å². The van der Waals surface area contributed by atoms with Gasteiger partial charge in [-0.15, -0.1) is 0 Å². The summed E-state index contributed by atoms with van der Waals surface area (Å²) < 4.78 is 12.2. The summed E-state index contributed by atoms with van der Waals surface area (Å²) in [6, 6.07) is 16.2. The minimum absolute atomic E-state index is 0.0160. The molecule has 0 saturated carbocycles. The second-order valence-corrected chi connectivity index (χ2v) is 8.64. The van der Waals surface area contributed by atoms with Crippen molar-refractivity contribution in [1.29, 1.82) is 0 Å². The van der Waals surface area contributed by atoms with E-state index in [-0.39, 0.29) is 17.4 Å². The fraction of sp³-hybridized carbons (Fsp3) is 0.0833. The summed E-state index contributed by atoms with van der Waals surface area (Å²) in [4.78, 5) is 17.1.